The SMILES string of the molecule is CCN(CC)CC(N)c1ccccc1.Cl.Cl. The maximum atomic E-state index is 6.11. The molecular weight excluding hydrogens is 243 g/mol. The molecule has 0 heterocycles. The summed E-state index contributed by atoms with van der Waals surface area (Å²) in [5.74, 6) is 0. The highest BCUT2D eigenvalue weighted by Crippen LogP contribution is 2.10. The molecule has 0 bridgehead atoms. The van der Waals surface area contributed by atoms with Gasteiger partial charge in [-0.3, -0.25) is 0 Å². The van der Waals surface area contributed by atoms with Gasteiger partial charge in [0.15, 0.2) is 0 Å². The molecule has 1 aromatic carbocycles. The summed E-state index contributed by atoms with van der Waals surface area (Å²) in [6, 6.07) is 10.4. The minimum atomic E-state index is 0. The van der Waals surface area contributed by atoms with E-state index in [9.17, 15) is 0 Å². The molecule has 0 aliphatic rings. The second-order valence-corrected chi connectivity index (χ2v) is 3.50. The van der Waals surface area contributed by atoms with E-state index in [0.717, 1.165) is 19.6 Å². The Morgan fingerprint density at radius 2 is 1.56 bits per heavy atom. The number of benzene rings is 1. The monoisotopic (exact) mass is 264 g/mol. The highest BCUT2D eigenvalue weighted by atomic mass is 35.5. The van der Waals surface area contributed by atoms with E-state index in [1.165, 1.54) is 5.56 Å². The number of hydrogen-bond donors (Lipinski definition) is 1. The normalized spacial score (nSPS) is 11.5. The van der Waals surface area contributed by atoms with Crippen molar-refractivity contribution in [3.8, 4) is 0 Å². The van der Waals surface area contributed by atoms with Gasteiger partial charge in [-0.25, -0.2) is 0 Å². The lowest BCUT2D eigenvalue weighted by Gasteiger charge is -2.22. The van der Waals surface area contributed by atoms with Gasteiger partial charge in [-0.05, 0) is 18.7 Å². The van der Waals surface area contributed by atoms with Crippen LogP contribution in [0.4, 0.5) is 0 Å². The maximum Gasteiger partial charge on any atom is 0.0424 e. The number of hydrogen-bond acceptors (Lipinski definition) is 2. The molecule has 0 fully saturated rings. The van der Waals surface area contributed by atoms with Crippen LogP contribution in [0.5, 0.6) is 0 Å². The molecule has 4 heteroatoms. The standard InChI is InChI=1S/C12H20N2.2ClH/c1-3-14(4-2)10-12(13)11-8-6-5-7-9-11;;/h5-9,12H,3-4,10,13H2,1-2H3;2*1H. The van der Waals surface area contributed by atoms with Gasteiger partial charge in [0.2, 0.25) is 0 Å². The molecule has 0 saturated carbocycles. The number of halogens is 2. The molecule has 1 unspecified atom stereocenters. The van der Waals surface area contributed by atoms with Crippen LogP contribution in [0.1, 0.15) is 25.5 Å². The van der Waals surface area contributed by atoms with Crippen LogP contribution >= 0.6 is 24.8 Å². The molecule has 0 aliphatic carbocycles. The van der Waals surface area contributed by atoms with Gasteiger partial charge in [-0.15, -0.1) is 24.8 Å². The van der Waals surface area contributed by atoms with Gasteiger partial charge >= 0.3 is 0 Å². The smallest absolute Gasteiger partial charge is 0.0424 e. The highest BCUT2D eigenvalue weighted by molar-refractivity contribution is 5.85. The number of rotatable bonds is 5. The largest absolute Gasteiger partial charge is 0.323 e. The van der Waals surface area contributed by atoms with Gasteiger partial charge in [0.25, 0.3) is 0 Å². The van der Waals surface area contributed by atoms with Gasteiger partial charge in [-0.2, -0.15) is 0 Å². The average molecular weight is 265 g/mol. The minimum Gasteiger partial charge on any atom is -0.323 e. The molecular formula is C12H22Cl2N2. The number of nitrogens with zero attached hydrogens (tertiary/aromatic N) is 1. The minimum absolute atomic E-state index is 0. The zero-order valence-electron chi connectivity index (χ0n) is 9.93. The zero-order valence-corrected chi connectivity index (χ0v) is 11.6. The molecule has 2 nitrogen and oxygen atoms in total. The lowest BCUT2D eigenvalue weighted by atomic mass is 10.1. The highest BCUT2D eigenvalue weighted by Gasteiger charge is 2.08. The van der Waals surface area contributed by atoms with Crippen LogP contribution in [-0.2, 0) is 0 Å². The van der Waals surface area contributed by atoms with Crippen molar-refractivity contribution >= 4 is 24.8 Å². The van der Waals surface area contributed by atoms with Crippen LogP contribution < -0.4 is 5.73 Å². The van der Waals surface area contributed by atoms with Crippen molar-refractivity contribution in [3.05, 3.63) is 35.9 Å². The van der Waals surface area contributed by atoms with Gasteiger partial charge in [0, 0.05) is 12.6 Å². The number of likely N-dealkylation sites (N-methyl/N-ethyl adjacent to an activating group) is 1. The van der Waals surface area contributed by atoms with Crippen molar-refractivity contribution in [3.63, 3.8) is 0 Å². The second kappa shape index (κ2) is 9.91. The number of nitrogens with two attached hydrogens (primary N) is 1. The first-order chi connectivity index (χ1) is 6.77. The summed E-state index contributed by atoms with van der Waals surface area (Å²) in [6.45, 7) is 7.41. The van der Waals surface area contributed by atoms with E-state index >= 15 is 0 Å². The third-order valence-electron chi connectivity index (χ3n) is 2.58. The first-order valence-corrected chi connectivity index (χ1v) is 5.30. The Kier molecular flexibility index (Phi) is 11.2. The molecule has 94 valence electrons. The summed E-state index contributed by atoms with van der Waals surface area (Å²) in [5, 5.41) is 0. The van der Waals surface area contributed by atoms with Gasteiger partial charge < -0.3 is 10.6 Å². The Hall–Kier alpha value is -0.280. The van der Waals surface area contributed by atoms with Crippen molar-refractivity contribution in [2.45, 2.75) is 19.9 Å². The Bertz CT molecular complexity index is 250. The summed E-state index contributed by atoms with van der Waals surface area (Å²) >= 11 is 0. The van der Waals surface area contributed by atoms with Crippen LogP contribution in [0.25, 0.3) is 0 Å². The van der Waals surface area contributed by atoms with Crippen molar-refractivity contribution in [1.29, 1.82) is 0 Å². The molecule has 0 aromatic heterocycles. The summed E-state index contributed by atoms with van der Waals surface area (Å²) < 4.78 is 0. The maximum absolute atomic E-state index is 6.11. The summed E-state index contributed by atoms with van der Waals surface area (Å²) in [7, 11) is 0. The van der Waals surface area contributed by atoms with Gasteiger partial charge in [0.1, 0.15) is 0 Å². The molecule has 0 spiro atoms. The van der Waals surface area contributed by atoms with E-state index in [0.29, 0.717) is 0 Å². The van der Waals surface area contributed by atoms with E-state index in [1.54, 1.807) is 0 Å². The molecule has 1 atom stereocenters. The average Bonchev–Trinajstić information content (AvgIpc) is 2.26. The van der Waals surface area contributed by atoms with Crippen molar-refractivity contribution in [1.82, 2.24) is 4.90 Å². The third-order valence-corrected chi connectivity index (χ3v) is 2.58. The molecule has 0 saturated heterocycles. The zero-order chi connectivity index (χ0) is 10.4. The quantitative estimate of drug-likeness (QED) is 0.887. The Labute approximate surface area is 111 Å². The van der Waals surface area contributed by atoms with E-state index in [2.05, 4.69) is 30.9 Å². The molecule has 16 heavy (non-hydrogen) atoms. The van der Waals surface area contributed by atoms with Gasteiger partial charge in [0.05, 0.1) is 0 Å². The van der Waals surface area contributed by atoms with Crippen LogP contribution in [0, 0.1) is 0 Å². The van der Waals surface area contributed by atoms with Crippen molar-refractivity contribution < 1.29 is 0 Å². The third kappa shape index (κ3) is 5.71. The van der Waals surface area contributed by atoms with Crippen LogP contribution in [0.2, 0.25) is 0 Å². The Balaban J connectivity index is 0. The Morgan fingerprint density at radius 1 is 1.06 bits per heavy atom. The lowest BCUT2D eigenvalue weighted by Crippen LogP contribution is -2.31. The molecule has 0 amide bonds. The van der Waals surface area contributed by atoms with E-state index < -0.39 is 0 Å². The second-order valence-electron chi connectivity index (χ2n) is 3.50. The molecule has 0 aliphatic heterocycles. The lowest BCUT2D eigenvalue weighted by molar-refractivity contribution is 0.284. The molecule has 1 aromatic rings. The van der Waals surface area contributed by atoms with Gasteiger partial charge in [-0.1, -0.05) is 44.2 Å². The van der Waals surface area contributed by atoms with Crippen LogP contribution in [-0.4, -0.2) is 24.5 Å². The first-order valence-electron chi connectivity index (χ1n) is 5.30. The Morgan fingerprint density at radius 3 is 2.00 bits per heavy atom. The molecule has 1 rings (SSSR count). The topological polar surface area (TPSA) is 29.3 Å². The molecule has 0 radical (unpaired) electrons. The fourth-order valence-electron chi connectivity index (χ4n) is 1.57. The van der Waals surface area contributed by atoms with Crippen molar-refractivity contribution in [2.75, 3.05) is 19.6 Å². The molecule has 2 N–H and O–H groups in total. The summed E-state index contributed by atoms with van der Waals surface area (Å²) in [6.07, 6.45) is 0. The fourth-order valence-corrected chi connectivity index (χ4v) is 1.57. The summed E-state index contributed by atoms with van der Waals surface area (Å²) in [5.41, 5.74) is 7.33. The van der Waals surface area contributed by atoms with E-state index in [-0.39, 0.29) is 30.9 Å². The summed E-state index contributed by atoms with van der Waals surface area (Å²) in [4.78, 5) is 2.34. The first kappa shape index (κ1) is 18.1. The van der Waals surface area contributed by atoms with E-state index in [1.807, 2.05) is 18.2 Å². The van der Waals surface area contributed by atoms with Crippen molar-refractivity contribution in [2.24, 2.45) is 5.73 Å². The van der Waals surface area contributed by atoms with Crippen LogP contribution in [0.3, 0.4) is 0 Å². The fraction of sp³-hybridized carbons (Fsp3) is 0.500. The predicted molar refractivity (Wildman–Crippen MR) is 75.7 cm³/mol. The van der Waals surface area contributed by atoms with E-state index in [4.69, 9.17) is 5.73 Å². The van der Waals surface area contributed by atoms with Crippen LogP contribution in [0.15, 0.2) is 30.3 Å². The predicted octanol–water partition coefficient (Wildman–Crippen LogP) is 2.87.